The number of morpholine rings is 1. The maximum atomic E-state index is 13.3. The third-order valence-corrected chi connectivity index (χ3v) is 5.66. The summed E-state index contributed by atoms with van der Waals surface area (Å²) in [6, 6.07) is 3.17. The van der Waals surface area contributed by atoms with E-state index in [9.17, 15) is 27.6 Å². The van der Waals surface area contributed by atoms with Gasteiger partial charge in [-0.3, -0.25) is 19.1 Å². The Labute approximate surface area is 199 Å². The zero-order valence-corrected chi connectivity index (χ0v) is 19.6. The molecule has 1 aliphatic heterocycles. The minimum atomic E-state index is -4.59. The molecule has 35 heavy (non-hydrogen) atoms. The topological polar surface area (TPSA) is 126 Å². The number of hydrogen-bond acceptors (Lipinski definition) is 7. The second kappa shape index (κ2) is 10.8. The van der Waals surface area contributed by atoms with Crippen LogP contribution in [0.3, 0.4) is 0 Å². The number of benzene rings is 1. The van der Waals surface area contributed by atoms with Gasteiger partial charge in [0.15, 0.2) is 0 Å². The molecular formula is C22H29F3N6O4. The molecule has 0 bridgehead atoms. The van der Waals surface area contributed by atoms with Crippen molar-refractivity contribution in [2.24, 2.45) is 0 Å². The lowest BCUT2D eigenvalue weighted by molar-refractivity contribution is -0.137. The molecule has 3 rings (SSSR count). The van der Waals surface area contributed by atoms with Gasteiger partial charge in [0.05, 0.1) is 36.7 Å². The number of H-pyrrole nitrogens is 1. The maximum absolute atomic E-state index is 13.3. The molecule has 0 radical (unpaired) electrons. The lowest BCUT2D eigenvalue weighted by Gasteiger charge is -2.31. The number of unbranched alkanes of at least 4 members (excludes halogenated alkanes) is 1. The van der Waals surface area contributed by atoms with E-state index in [1.165, 1.54) is 22.6 Å². The highest BCUT2D eigenvalue weighted by molar-refractivity contribution is 5.97. The summed E-state index contributed by atoms with van der Waals surface area (Å²) in [4.78, 5) is 42.7. The van der Waals surface area contributed by atoms with Gasteiger partial charge in [0, 0.05) is 26.7 Å². The van der Waals surface area contributed by atoms with E-state index in [-0.39, 0.29) is 23.7 Å². The van der Waals surface area contributed by atoms with Gasteiger partial charge in [-0.2, -0.15) is 13.2 Å². The van der Waals surface area contributed by atoms with Gasteiger partial charge in [0.25, 0.3) is 5.56 Å². The van der Waals surface area contributed by atoms with E-state index < -0.39 is 35.4 Å². The van der Waals surface area contributed by atoms with Crippen molar-refractivity contribution in [3.63, 3.8) is 0 Å². The first-order valence-corrected chi connectivity index (χ1v) is 11.2. The van der Waals surface area contributed by atoms with E-state index in [1.807, 2.05) is 11.8 Å². The van der Waals surface area contributed by atoms with Crippen molar-refractivity contribution in [2.75, 3.05) is 60.7 Å². The molecule has 192 valence electrons. The molecule has 2 heterocycles. The normalized spacial score (nSPS) is 14.1. The van der Waals surface area contributed by atoms with Crippen LogP contribution in [0.5, 0.6) is 0 Å². The number of hydrogen-bond donors (Lipinski definition) is 3. The summed E-state index contributed by atoms with van der Waals surface area (Å²) in [5.41, 5.74) is 4.11. The summed E-state index contributed by atoms with van der Waals surface area (Å²) in [5, 5.41) is 2.54. The van der Waals surface area contributed by atoms with Gasteiger partial charge < -0.3 is 25.6 Å². The van der Waals surface area contributed by atoms with Crippen LogP contribution < -0.4 is 32.1 Å². The lowest BCUT2D eigenvalue weighted by atomic mass is 10.1. The molecule has 0 unspecified atom stereocenters. The van der Waals surface area contributed by atoms with Crippen LogP contribution in [0.4, 0.5) is 36.1 Å². The Morgan fingerprint density at radius 1 is 1.26 bits per heavy atom. The number of aromatic nitrogens is 2. The number of halogens is 3. The lowest BCUT2D eigenvalue weighted by Crippen LogP contribution is -2.40. The Bertz CT molecular complexity index is 1170. The van der Waals surface area contributed by atoms with Gasteiger partial charge in [-0.05, 0) is 24.6 Å². The number of rotatable bonds is 8. The quantitative estimate of drug-likeness (QED) is 0.507. The average molecular weight is 499 g/mol. The van der Waals surface area contributed by atoms with Gasteiger partial charge in [0.1, 0.15) is 11.5 Å². The van der Waals surface area contributed by atoms with Crippen LogP contribution in [0.1, 0.15) is 25.3 Å². The number of nitrogen functional groups attached to an aromatic ring is 1. The number of nitrogens with zero attached hydrogens (tertiary/aromatic N) is 3. The number of amides is 1. The number of alkyl halides is 3. The molecule has 1 saturated heterocycles. The van der Waals surface area contributed by atoms with Crippen LogP contribution in [0, 0.1) is 0 Å². The third-order valence-electron chi connectivity index (χ3n) is 5.66. The molecule has 1 aliphatic rings. The molecule has 4 N–H and O–H groups in total. The summed E-state index contributed by atoms with van der Waals surface area (Å²) in [6.07, 6.45) is -3.14. The first-order chi connectivity index (χ1) is 16.5. The predicted molar refractivity (Wildman–Crippen MR) is 127 cm³/mol. The van der Waals surface area contributed by atoms with Gasteiger partial charge in [-0.15, -0.1) is 0 Å². The number of nitrogens with two attached hydrogens (primary N) is 1. The number of aromatic amines is 1. The third kappa shape index (κ3) is 6.15. The Morgan fingerprint density at radius 2 is 1.94 bits per heavy atom. The van der Waals surface area contributed by atoms with Crippen LogP contribution in [0.25, 0.3) is 0 Å². The highest BCUT2D eigenvalue weighted by Gasteiger charge is 2.32. The fourth-order valence-corrected chi connectivity index (χ4v) is 3.86. The molecule has 13 heteroatoms. The summed E-state index contributed by atoms with van der Waals surface area (Å²) in [5.74, 6) is -0.748. The van der Waals surface area contributed by atoms with Crippen molar-refractivity contribution in [2.45, 2.75) is 32.5 Å². The number of ether oxygens (including phenoxy) is 1. The maximum Gasteiger partial charge on any atom is 0.416 e. The molecule has 1 aromatic carbocycles. The highest BCUT2D eigenvalue weighted by Crippen LogP contribution is 2.35. The number of carbonyl (C=O) groups is 1. The highest BCUT2D eigenvalue weighted by atomic mass is 19.4. The van der Waals surface area contributed by atoms with E-state index in [1.54, 1.807) is 0 Å². The molecule has 0 saturated carbocycles. The van der Waals surface area contributed by atoms with E-state index >= 15 is 0 Å². The van der Waals surface area contributed by atoms with Crippen molar-refractivity contribution >= 4 is 28.8 Å². The van der Waals surface area contributed by atoms with Crippen LogP contribution in [-0.2, 0) is 22.3 Å². The minimum absolute atomic E-state index is 0.00470. The molecule has 1 aromatic heterocycles. The summed E-state index contributed by atoms with van der Waals surface area (Å²) in [7, 11) is 1.43. The zero-order chi connectivity index (χ0) is 25.8. The van der Waals surface area contributed by atoms with Crippen molar-refractivity contribution in [3.05, 3.63) is 44.6 Å². The van der Waals surface area contributed by atoms with Crippen LogP contribution in [0.15, 0.2) is 27.8 Å². The second-order valence-electron chi connectivity index (χ2n) is 8.23. The van der Waals surface area contributed by atoms with Crippen LogP contribution in [0.2, 0.25) is 0 Å². The molecule has 2 aromatic rings. The first-order valence-electron chi connectivity index (χ1n) is 11.2. The zero-order valence-electron chi connectivity index (χ0n) is 19.6. The first kappa shape index (κ1) is 26.1. The van der Waals surface area contributed by atoms with Crippen LogP contribution >= 0.6 is 0 Å². The van der Waals surface area contributed by atoms with E-state index in [0.29, 0.717) is 38.4 Å². The molecule has 0 spiro atoms. The second-order valence-corrected chi connectivity index (χ2v) is 8.23. The summed E-state index contributed by atoms with van der Waals surface area (Å²) in [6.45, 7) is 3.57. The number of likely N-dealkylation sites (N-methyl/N-ethyl adjacent to an activating group) is 1. The Kier molecular flexibility index (Phi) is 8.10. The van der Waals surface area contributed by atoms with Crippen LogP contribution in [-0.4, -0.2) is 55.4 Å². The molecule has 0 atom stereocenters. The monoisotopic (exact) mass is 498 g/mol. The van der Waals surface area contributed by atoms with Crippen molar-refractivity contribution in [3.8, 4) is 0 Å². The van der Waals surface area contributed by atoms with Gasteiger partial charge in [-0.1, -0.05) is 13.3 Å². The van der Waals surface area contributed by atoms with E-state index in [0.717, 1.165) is 18.6 Å². The number of carbonyl (C=O) groups excluding carboxylic acids is 1. The molecule has 10 nitrogen and oxygen atoms in total. The van der Waals surface area contributed by atoms with Crippen molar-refractivity contribution in [1.82, 2.24) is 9.55 Å². The average Bonchev–Trinajstić information content (AvgIpc) is 2.78. The van der Waals surface area contributed by atoms with Crippen molar-refractivity contribution < 1.29 is 22.7 Å². The fourth-order valence-electron chi connectivity index (χ4n) is 3.86. The van der Waals surface area contributed by atoms with Gasteiger partial charge >= 0.3 is 11.9 Å². The van der Waals surface area contributed by atoms with Gasteiger partial charge in [-0.25, -0.2) is 4.79 Å². The summed E-state index contributed by atoms with van der Waals surface area (Å²) < 4.78 is 46.5. The molecule has 0 aliphatic carbocycles. The van der Waals surface area contributed by atoms with Crippen molar-refractivity contribution in [1.29, 1.82) is 0 Å². The molecular weight excluding hydrogens is 469 g/mol. The smallest absolute Gasteiger partial charge is 0.383 e. The fraction of sp³-hybridized carbons (Fsp3) is 0.500. The predicted octanol–water partition coefficient (Wildman–Crippen LogP) is 1.85. The Morgan fingerprint density at radius 3 is 2.57 bits per heavy atom. The van der Waals surface area contributed by atoms with E-state index in [2.05, 4.69) is 10.3 Å². The Hall–Kier alpha value is -3.48. The Balaban J connectivity index is 1.86. The minimum Gasteiger partial charge on any atom is -0.383 e. The largest absolute Gasteiger partial charge is 0.416 e. The molecule has 1 amide bonds. The standard InChI is InChI=1S/C22H29F3N6O4/c1-3-4-7-31-19(26)18(20(33)28-21(31)34)29(2)13-17(32)27-15-12-14(22(23,24)25)5-6-16(15)30-8-10-35-11-9-30/h5-6,12H,3-4,7-11,13,26H2,1-2H3,(H,27,32)(H,28,33,34). The molecule has 1 fully saturated rings. The SMILES string of the molecule is CCCCn1c(N)c(N(C)CC(=O)Nc2cc(C(F)(F)F)ccc2N2CCOCC2)c(=O)[nH]c1=O. The number of anilines is 4. The number of nitrogens with one attached hydrogen (secondary N) is 2. The summed E-state index contributed by atoms with van der Waals surface area (Å²) >= 11 is 0. The van der Waals surface area contributed by atoms with E-state index in [4.69, 9.17) is 10.5 Å². The van der Waals surface area contributed by atoms with Gasteiger partial charge in [0.2, 0.25) is 5.91 Å².